The maximum Gasteiger partial charge on any atom is 0.272 e. The van der Waals surface area contributed by atoms with E-state index in [-0.39, 0.29) is 42.2 Å². The zero-order valence-corrected chi connectivity index (χ0v) is 14.8. The Kier molecular flexibility index (Phi) is 5.80. The fraction of sp³-hybridized carbons (Fsp3) is 0.474. The van der Waals surface area contributed by atoms with Crippen molar-refractivity contribution >= 4 is 16.8 Å². The molecular weight excluding hydrogens is 337 g/mol. The van der Waals surface area contributed by atoms with Crippen LogP contribution in [0.25, 0.3) is 10.9 Å². The standard InChI is InChI=1S/C19H24FN3O3/c1-22(7-8-24)9-14-10-23(11-15(14)12-25)19(26)17-6-5-13-3-2-4-16(20)18(13)21-17/h2-6,14-15,24-25H,7-12H2,1H3/t14-,15-/m1/s1. The average Bonchev–Trinajstić information content (AvgIpc) is 3.04. The monoisotopic (exact) mass is 361 g/mol. The van der Waals surface area contributed by atoms with Gasteiger partial charge in [-0.25, -0.2) is 9.37 Å². The van der Waals surface area contributed by atoms with Crippen LogP contribution in [0.3, 0.4) is 0 Å². The van der Waals surface area contributed by atoms with Crippen molar-refractivity contribution in [1.29, 1.82) is 0 Å². The normalized spacial score (nSPS) is 20.3. The molecule has 0 bridgehead atoms. The van der Waals surface area contributed by atoms with Gasteiger partial charge in [0.2, 0.25) is 0 Å². The molecule has 0 unspecified atom stereocenters. The minimum absolute atomic E-state index is 0.00118. The number of para-hydroxylation sites is 1. The fourth-order valence-electron chi connectivity index (χ4n) is 3.57. The summed E-state index contributed by atoms with van der Waals surface area (Å²) >= 11 is 0. The Labute approximate surface area is 151 Å². The Hall–Kier alpha value is -2.09. The summed E-state index contributed by atoms with van der Waals surface area (Å²) in [5, 5.41) is 19.3. The number of hydrogen-bond donors (Lipinski definition) is 2. The minimum atomic E-state index is -0.449. The highest BCUT2D eigenvalue weighted by molar-refractivity contribution is 5.95. The predicted molar refractivity (Wildman–Crippen MR) is 96.3 cm³/mol. The number of nitrogens with zero attached hydrogens (tertiary/aromatic N) is 3. The van der Waals surface area contributed by atoms with Crippen LogP contribution >= 0.6 is 0 Å². The van der Waals surface area contributed by atoms with Crippen LogP contribution < -0.4 is 0 Å². The Morgan fingerprint density at radius 2 is 2.04 bits per heavy atom. The number of hydrogen-bond acceptors (Lipinski definition) is 5. The number of likely N-dealkylation sites (N-methyl/N-ethyl adjacent to an activating group) is 1. The largest absolute Gasteiger partial charge is 0.396 e. The molecule has 0 saturated carbocycles. The molecule has 1 fully saturated rings. The molecule has 2 N–H and O–H groups in total. The van der Waals surface area contributed by atoms with E-state index < -0.39 is 5.82 Å². The number of halogens is 1. The third-order valence-corrected chi connectivity index (χ3v) is 5.02. The van der Waals surface area contributed by atoms with Gasteiger partial charge >= 0.3 is 0 Å². The van der Waals surface area contributed by atoms with E-state index in [1.54, 1.807) is 29.2 Å². The molecule has 1 aromatic carbocycles. The van der Waals surface area contributed by atoms with E-state index in [1.807, 2.05) is 11.9 Å². The van der Waals surface area contributed by atoms with Crippen molar-refractivity contribution in [1.82, 2.24) is 14.8 Å². The summed E-state index contributed by atoms with van der Waals surface area (Å²) in [6.07, 6.45) is 0. The molecule has 26 heavy (non-hydrogen) atoms. The van der Waals surface area contributed by atoms with Crippen LogP contribution in [0.1, 0.15) is 10.5 Å². The number of rotatable bonds is 6. The number of carbonyl (C=O) groups is 1. The molecule has 0 aliphatic carbocycles. The number of aromatic nitrogens is 1. The molecule has 2 aromatic rings. The van der Waals surface area contributed by atoms with E-state index in [1.165, 1.54) is 6.07 Å². The highest BCUT2D eigenvalue weighted by Gasteiger charge is 2.36. The maximum absolute atomic E-state index is 14.0. The SMILES string of the molecule is CN(CCO)C[C@@H]1CN(C(=O)c2ccc3cccc(F)c3n2)C[C@@H]1CO. The maximum atomic E-state index is 14.0. The van der Waals surface area contributed by atoms with Crippen molar-refractivity contribution in [2.24, 2.45) is 11.8 Å². The summed E-state index contributed by atoms with van der Waals surface area (Å²) in [5.74, 6) is -0.591. The van der Waals surface area contributed by atoms with E-state index in [0.717, 1.165) is 0 Å². The molecule has 1 aliphatic heterocycles. The number of benzene rings is 1. The number of pyridine rings is 1. The number of carbonyl (C=O) groups excluding carboxylic acids is 1. The lowest BCUT2D eigenvalue weighted by Crippen LogP contribution is -2.33. The van der Waals surface area contributed by atoms with Crippen molar-refractivity contribution in [2.45, 2.75) is 0 Å². The molecule has 6 nitrogen and oxygen atoms in total. The summed E-state index contributed by atoms with van der Waals surface area (Å²) < 4.78 is 14.0. The molecule has 1 aliphatic rings. The van der Waals surface area contributed by atoms with E-state index in [4.69, 9.17) is 5.11 Å². The van der Waals surface area contributed by atoms with Crippen LogP contribution in [0.15, 0.2) is 30.3 Å². The number of amides is 1. The average molecular weight is 361 g/mol. The van der Waals surface area contributed by atoms with Crippen LogP contribution in [0, 0.1) is 17.7 Å². The third-order valence-electron chi connectivity index (χ3n) is 5.02. The lowest BCUT2D eigenvalue weighted by atomic mass is 9.96. The van der Waals surface area contributed by atoms with Gasteiger partial charge in [0.05, 0.1) is 6.61 Å². The number of aliphatic hydroxyl groups is 2. The molecular formula is C19H24FN3O3. The minimum Gasteiger partial charge on any atom is -0.396 e. The van der Waals surface area contributed by atoms with E-state index in [2.05, 4.69) is 4.98 Å². The van der Waals surface area contributed by atoms with Gasteiger partial charge in [0.25, 0.3) is 5.91 Å². The Morgan fingerprint density at radius 3 is 2.77 bits per heavy atom. The molecule has 3 rings (SSSR count). The van der Waals surface area contributed by atoms with Crippen molar-refractivity contribution in [2.75, 3.05) is 46.4 Å². The lowest BCUT2D eigenvalue weighted by molar-refractivity contribution is 0.0773. The smallest absolute Gasteiger partial charge is 0.272 e. The van der Waals surface area contributed by atoms with E-state index in [9.17, 15) is 14.3 Å². The van der Waals surface area contributed by atoms with E-state index in [0.29, 0.717) is 31.6 Å². The fourth-order valence-corrected chi connectivity index (χ4v) is 3.57. The summed E-state index contributed by atoms with van der Waals surface area (Å²) in [7, 11) is 1.91. The van der Waals surface area contributed by atoms with Gasteiger partial charge in [-0.05, 0) is 25.1 Å². The van der Waals surface area contributed by atoms with Crippen LogP contribution in [-0.2, 0) is 0 Å². The van der Waals surface area contributed by atoms with Gasteiger partial charge < -0.3 is 20.0 Å². The van der Waals surface area contributed by atoms with Crippen molar-refractivity contribution < 1.29 is 19.4 Å². The zero-order chi connectivity index (χ0) is 18.7. The van der Waals surface area contributed by atoms with Crippen LogP contribution in [-0.4, -0.2) is 77.3 Å². The van der Waals surface area contributed by atoms with Gasteiger partial charge in [-0.2, -0.15) is 0 Å². The number of fused-ring (bicyclic) bond motifs is 1. The Morgan fingerprint density at radius 1 is 1.27 bits per heavy atom. The highest BCUT2D eigenvalue weighted by Crippen LogP contribution is 2.26. The predicted octanol–water partition coefficient (Wildman–Crippen LogP) is 0.978. The van der Waals surface area contributed by atoms with Crippen molar-refractivity contribution in [3.63, 3.8) is 0 Å². The second kappa shape index (κ2) is 8.07. The third kappa shape index (κ3) is 3.85. The van der Waals surface area contributed by atoms with Crippen LogP contribution in [0.5, 0.6) is 0 Å². The first-order chi connectivity index (χ1) is 12.5. The molecule has 2 atom stereocenters. The van der Waals surface area contributed by atoms with Crippen molar-refractivity contribution in [3.8, 4) is 0 Å². The molecule has 1 aromatic heterocycles. The molecule has 0 spiro atoms. The Bertz CT molecular complexity index is 786. The first-order valence-electron chi connectivity index (χ1n) is 8.78. The molecule has 1 amide bonds. The summed E-state index contributed by atoms with van der Waals surface area (Å²) in [5.41, 5.74) is 0.402. The summed E-state index contributed by atoms with van der Waals surface area (Å²) in [6.45, 7) is 2.27. The summed E-state index contributed by atoms with van der Waals surface area (Å²) in [6, 6.07) is 8.01. The van der Waals surface area contributed by atoms with Gasteiger partial charge in [-0.1, -0.05) is 18.2 Å². The van der Waals surface area contributed by atoms with Crippen LogP contribution in [0.2, 0.25) is 0 Å². The molecule has 7 heteroatoms. The number of aliphatic hydroxyl groups excluding tert-OH is 2. The topological polar surface area (TPSA) is 76.9 Å². The van der Waals surface area contributed by atoms with Crippen molar-refractivity contribution in [3.05, 3.63) is 41.8 Å². The van der Waals surface area contributed by atoms with Gasteiger partial charge in [0.1, 0.15) is 17.0 Å². The van der Waals surface area contributed by atoms with Gasteiger partial charge in [-0.3, -0.25) is 4.79 Å². The molecule has 140 valence electrons. The highest BCUT2D eigenvalue weighted by atomic mass is 19.1. The zero-order valence-electron chi connectivity index (χ0n) is 14.8. The second-order valence-corrected chi connectivity index (χ2v) is 6.91. The first-order valence-corrected chi connectivity index (χ1v) is 8.78. The molecule has 2 heterocycles. The number of likely N-dealkylation sites (tertiary alicyclic amines) is 1. The molecule has 0 radical (unpaired) electrons. The van der Waals surface area contributed by atoms with E-state index >= 15 is 0 Å². The molecule has 1 saturated heterocycles. The van der Waals surface area contributed by atoms with Crippen LogP contribution in [0.4, 0.5) is 4.39 Å². The Balaban J connectivity index is 1.76. The van der Waals surface area contributed by atoms with Gasteiger partial charge in [0, 0.05) is 44.1 Å². The van der Waals surface area contributed by atoms with Gasteiger partial charge in [0.15, 0.2) is 0 Å². The quantitative estimate of drug-likeness (QED) is 0.802. The second-order valence-electron chi connectivity index (χ2n) is 6.91. The van der Waals surface area contributed by atoms with Gasteiger partial charge in [-0.15, -0.1) is 0 Å². The lowest BCUT2D eigenvalue weighted by Gasteiger charge is -2.23. The summed E-state index contributed by atoms with van der Waals surface area (Å²) in [4.78, 5) is 20.7. The first kappa shape index (κ1) is 18.7.